The summed E-state index contributed by atoms with van der Waals surface area (Å²) in [6.45, 7) is 8.23. The van der Waals surface area contributed by atoms with E-state index in [4.69, 9.17) is 14.2 Å². The van der Waals surface area contributed by atoms with Gasteiger partial charge >= 0.3 is 6.03 Å². The molecule has 1 aromatic rings. The highest BCUT2D eigenvalue weighted by molar-refractivity contribution is 5.73. The molecule has 1 N–H and O–H groups in total. The number of carbonyl (C=O) groups is 1. The second-order valence-corrected chi connectivity index (χ2v) is 6.79. The summed E-state index contributed by atoms with van der Waals surface area (Å²) in [6, 6.07) is 5.67. The minimum Gasteiger partial charge on any atom is -0.454 e. The van der Waals surface area contributed by atoms with Crippen molar-refractivity contribution in [3.05, 3.63) is 23.8 Å². The van der Waals surface area contributed by atoms with Crippen LogP contribution in [0.15, 0.2) is 18.2 Å². The molecule has 0 aromatic heterocycles. The Hall–Kier alpha value is -1.99. The third kappa shape index (κ3) is 4.76. The molecule has 25 heavy (non-hydrogen) atoms. The third-order valence-electron chi connectivity index (χ3n) is 4.40. The fourth-order valence-corrected chi connectivity index (χ4v) is 3.31. The first-order chi connectivity index (χ1) is 12.0. The maximum absolute atomic E-state index is 12.3. The van der Waals surface area contributed by atoms with Crippen molar-refractivity contribution in [3.63, 3.8) is 0 Å². The topological polar surface area (TPSA) is 63.3 Å². The zero-order valence-corrected chi connectivity index (χ0v) is 15.2. The number of ether oxygens (including phenoxy) is 3. The largest absolute Gasteiger partial charge is 0.454 e. The molecule has 0 unspecified atom stereocenters. The average Bonchev–Trinajstić information content (AvgIpc) is 3.01. The van der Waals surface area contributed by atoms with Gasteiger partial charge in [0.15, 0.2) is 11.5 Å². The van der Waals surface area contributed by atoms with Crippen molar-refractivity contribution in [1.82, 2.24) is 15.1 Å². The van der Waals surface area contributed by atoms with Gasteiger partial charge in [-0.3, -0.25) is 4.90 Å². The van der Waals surface area contributed by atoms with E-state index >= 15 is 0 Å². The second kappa shape index (κ2) is 7.93. The number of nitrogens with zero attached hydrogens (tertiary/aromatic N) is 2. The van der Waals surface area contributed by atoms with E-state index in [-0.39, 0.29) is 25.0 Å². The molecule has 7 heteroatoms. The van der Waals surface area contributed by atoms with Gasteiger partial charge in [0.25, 0.3) is 0 Å². The number of rotatable bonds is 5. The Morgan fingerprint density at radius 3 is 2.72 bits per heavy atom. The molecule has 2 aliphatic heterocycles. The summed E-state index contributed by atoms with van der Waals surface area (Å²) in [4.78, 5) is 16.3. The van der Waals surface area contributed by atoms with Crippen molar-refractivity contribution >= 4 is 6.03 Å². The van der Waals surface area contributed by atoms with E-state index < -0.39 is 0 Å². The van der Waals surface area contributed by atoms with Gasteiger partial charge in [0, 0.05) is 39.8 Å². The molecule has 1 aromatic carbocycles. The van der Waals surface area contributed by atoms with Gasteiger partial charge < -0.3 is 24.4 Å². The van der Waals surface area contributed by atoms with E-state index in [0.29, 0.717) is 13.1 Å². The summed E-state index contributed by atoms with van der Waals surface area (Å²) >= 11 is 0. The summed E-state index contributed by atoms with van der Waals surface area (Å²) in [5.74, 6) is 1.49. The van der Waals surface area contributed by atoms with Gasteiger partial charge in [-0.2, -0.15) is 0 Å². The monoisotopic (exact) mass is 349 g/mol. The summed E-state index contributed by atoms with van der Waals surface area (Å²) < 4.78 is 16.4. The summed E-state index contributed by atoms with van der Waals surface area (Å²) in [5.41, 5.74) is 1.01. The van der Waals surface area contributed by atoms with E-state index in [1.807, 2.05) is 18.2 Å². The van der Waals surface area contributed by atoms with Crippen LogP contribution in [-0.2, 0) is 11.3 Å². The fraction of sp³-hybridized carbons (Fsp3) is 0.611. The zero-order chi connectivity index (χ0) is 17.8. The molecule has 2 atom stereocenters. The van der Waals surface area contributed by atoms with Crippen LogP contribution in [0.4, 0.5) is 4.79 Å². The van der Waals surface area contributed by atoms with E-state index in [0.717, 1.165) is 36.7 Å². The van der Waals surface area contributed by atoms with Crippen LogP contribution in [0.25, 0.3) is 0 Å². The van der Waals surface area contributed by atoms with Crippen LogP contribution < -0.4 is 14.8 Å². The molecule has 0 spiro atoms. The van der Waals surface area contributed by atoms with Crippen molar-refractivity contribution in [2.24, 2.45) is 0 Å². The van der Waals surface area contributed by atoms with Crippen LogP contribution in [0, 0.1) is 0 Å². The van der Waals surface area contributed by atoms with Crippen LogP contribution >= 0.6 is 0 Å². The SMILES string of the molecule is C[C@@H]1CN(CCNC(=O)N(C)Cc2ccc3c(c2)OCO3)C[C@@H](C)O1. The van der Waals surface area contributed by atoms with Gasteiger partial charge in [0.2, 0.25) is 6.79 Å². The van der Waals surface area contributed by atoms with Crippen molar-refractivity contribution in [2.75, 3.05) is 40.0 Å². The Morgan fingerprint density at radius 1 is 1.24 bits per heavy atom. The van der Waals surface area contributed by atoms with Crippen molar-refractivity contribution in [3.8, 4) is 11.5 Å². The van der Waals surface area contributed by atoms with Gasteiger partial charge in [-0.15, -0.1) is 0 Å². The number of amides is 2. The van der Waals surface area contributed by atoms with E-state index in [1.54, 1.807) is 11.9 Å². The second-order valence-electron chi connectivity index (χ2n) is 6.79. The number of carbonyl (C=O) groups excluding carboxylic acids is 1. The van der Waals surface area contributed by atoms with Gasteiger partial charge in [0.05, 0.1) is 12.2 Å². The lowest BCUT2D eigenvalue weighted by molar-refractivity contribution is -0.0672. The average molecular weight is 349 g/mol. The smallest absolute Gasteiger partial charge is 0.317 e. The van der Waals surface area contributed by atoms with Gasteiger partial charge in [-0.05, 0) is 31.5 Å². The maximum atomic E-state index is 12.3. The maximum Gasteiger partial charge on any atom is 0.317 e. The molecule has 3 rings (SSSR count). The standard InChI is InChI=1S/C18H27N3O4/c1-13-9-21(10-14(2)25-13)7-6-19-18(22)20(3)11-15-4-5-16-17(8-15)24-12-23-16/h4-5,8,13-14H,6-7,9-12H2,1-3H3,(H,19,22)/t13-,14-/m1/s1. The summed E-state index contributed by atoms with van der Waals surface area (Å²) in [6.07, 6.45) is 0.487. The first-order valence-corrected chi connectivity index (χ1v) is 8.76. The molecule has 1 saturated heterocycles. The van der Waals surface area contributed by atoms with Gasteiger partial charge in [0.1, 0.15) is 0 Å². The van der Waals surface area contributed by atoms with Gasteiger partial charge in [-0.1, -0.05) is 6.07 Å². The molecular weight excluding hydrogens is 322 g/mol. The minimum absolute atomic E-state index is 0.0768. The minimum atomic E-state index is -0.0768. The number of hydrogen-bond acceptors (Lipinski definition) is 5. The Balaban J connectivity index is 1.42. The molecular formula is C18H27N3O4. The first-order valence-electron chi connectivity index (χ1n) is 8.76. The molecule has 0 aliphatic carbocycles. The lowest BCUT2D eigenvalue weighted by atomic mass is 10.2. The van der Waals surface area contributed by atoms with E-state index in [1.165, 1.54) is 0 Å². The molecule has 2 amide bonds. The number of urea groups is 1. The van der Waals surface area contributed by atoms with Crippen molar-refractivity contribution in [2.45, 2.75) is 32.6 Å². The fourth-order valence-electron chi connectivity index (χ4n) is 3.31. The van der Waals surface area contributed by atoms with Crippen molar-refractivity contribution < 1.29 is 19.0 Å². The predicted octanol–water partition coefficient (Wildman–Crippen LogP) is 1.67. The molecule has 2 aliphatic rings. The van der Waals surface area contributed by atoms with Gasteiger partial charge in [-0.25, -0.2) is 4.79 Å². The highest BCUT2D eigenvalue weighted by Gasteiger charge is 2.22. The highest BCUT2D eigenvalue weighted by atomic mass is 16.7. The molecule has 7 nitrogen and oxygen atoms in total. The molecule has 1 fully saturated rings. The number of benzene rings is 1. The highest BCUT2D eigenvalue weighted by Crippen LogP contribution is 2.32. The zero-order valence-electron chi connectivity index (χ0n) is 15.2. The molecule has 0 saturated carbocycles. The van der Waals surface area contributed by atoms with Crippen LogP contribution in [0.2, 0.25) is 0 Å². The summed E-state index contributed by atoms with van der Waals surface area (Å²) in [5, 5.41) is 2.98. The van der Waals surface area contributed by atoms with E-state index in [9.17, 15) is 4.79 Å². The summed E-state index contributed by atoms with van der Waals surface area (Å²) in [7, 11) is 1.79. The lowest BCUT2D eigenvalue weighted by Crippen LogP contribution is -2.48. The van der Waals surface area contributed by atoms with Crippen LogP contribution in [-0.4, -0.2) is 68.1 Å². The van der Waals surface area contributed by atoms with Crippen molar-refractivity contribution in [1.29, 1.82) is 0 Å². The number of morpholine rings is 1. The first kappa shape index (κ1) is 17.8. The lowest BCUT2D eigenvalue weighted by Gasteiger charge is -2.35. The van der Waals surface area contributed by atoms with Crippen LogP contribution in [0.3, 0.4) is 0 Å². The van der Waals surface area contributed by atoms with Crippen LogP contribution in [0.5, 0.6) is 11.5 Å². The molecule has 138 valence electrons. The quantitative estimate of drug-likeness (QED) is 0.876. The van der Waals surface area contributed by atoms with E-state index in [2.05, 4.69) is 24.1 Å². The molecule has 0 bridgehead atoms. The number of fused-ring (bicyclic) bond motifs is 1. The Labute approximate surface area is 148 Å². The molecule has 0 radical (unpaired) electrons. The Bertz CT molecular complexity index is 600. The third-order valence-corrected chi connectivity index (χ3v) is 4.40. The number of hydrogen-bond donors (Lipinski definition) is 1. The molecule has 2 heterocycles. The predicted molar refractivity (Wildman–Crippen MR) is 93.9 cm³/mol. The van der Waals surface area contributed by atoms with Crippen LogP contribution in [0.1, 0.15) is 19.4 Å². The normalized spacial score (nSPS) is 22.7. The number of nitrogens with one attached hydrogen (secondary N) is 1. The Kier molecular flexibility index (Phi) is 5.65. The Morgan fingerprint density at radius 2 is 1.96 bits per heavy atom.